The number of aromatic nitrogens is 2. The fraction of sp³-hybridized carbons (Fsp3) is 0.333. The Balaban J connectivity index is 1.51. The number of amides is 1. The van der Waals surface area contributed by atoms with Crippen LogP contribution >= 0.6 is 23.2 Å². The zero-order valence-corrected chi connectivity index (χ0v) is 13.3. The zero-order valence-electron chi connectivity index (χ0n) is 11.8. The van der Waals surface area contributed by atoms with Crippen LogP contribution in [0.3, 0.4) is 0 Å². The maximum absolute atomic E-state index is 12.0. The summed E-state index contributed by atoms with van der Waals surface area (Å²) in [5.41, 5.74) is 1.14. The second-order valence-electron chi connectivity index (χ2n) is 5.17. The number of nitrogens with zero attached hydrogens (tertiary/aromatic N) is 2. The van der Waals surface area contributed by atoms with Crippen molar-refractivity contribution in [2.45, 2.75) is 25.4 Å². The Morgan fingerprint density at radius 1 is 1.41 bits per heavy atom. The first-order chi connectivity index (χ1) is 10.6. The normalized spacial score (nSPS) is 16.9. The van der Waals surface area contributed by atoms with Gasteiger partial charge in [-0.2, -0.15) is 5.10 Å². The lowest BCUT2D eigenvalue weighted by Gasteiger charge is -2.24. The molecule has 1 aliphatic heterocycles. The summed E-state index contributed by atoms with van der Waals surface area (Å²) in [7, 11) is 0. The summed E-state index contributed by atoms with van der Waals surface area (Å²) in [5, 5.41) is 8.11. The topological polar surface area (TPSA) is 56.1 Å². The van der Waals surface area contributed by atoms with Crippen LogP contribution in [0.2, 0.25) is 10.0 Å². The lowest BCUT2D eigenvalue weighted by atomic mass is 10.0. The van der Waals surface area contributed by atoms with Gasteiger partial charge in [-0.1, -0.05) is 23.2 Å². The predicted molar refractivity (Wildman–Crippen MR) is 84.4 cm³/mol. The van der Waals surface area contributed by atoms with Crippen molar-refractivity contribution in [2.24, 2.45) is 0 Å². The SMILES string of the molecule is O=C(COc1ccc(Cl)cc1Cl)N[C@H]1CCn2nccc2C1. The van der Waals surface area contributed by atoms with Gasteiger partial charge < -0.3 is 10.1 Å². The minimum absolute atomic E-state index is 0.0723. The van der Waals surface area contributed by atoms with Crippen LogP contribution in [-0.2, 0) is 17.8 Å². The van der Waals surface area contributed by atoms with Crippen LogP contribution in [-0.4, -0.2) is 28.3 Å². The highest BCUT2D eigenvalue weighted by Crippen LogP contribution is 2.27. The minimum atomic E-state index is -0.163. The van der Waals surface area contributed by atoms with Gasteiger partial charge in [0.1, 0.15) is 5.75 Å². The molecule has 7 heteroatoms. The molecule has 3 rings (SSSR count). The molecular weight excluding hydrogens is 325 g/mol. The molecule has 0 spiro atoms. The quantitative estimate of drug-likeness (QED) is 0.931. The lowest BCUT2D eigenvalue weighted by Crippen LogP contribution is -2.42. The Hall–Kier alpha value is -1.72. The third-order valence-corrected chi connectivity index (χ3v) is 4.10. The summed E-state index contributed by atoms with van der Waals surface area (Å²) in [6.45, 7) is 0.744. The molecule has 2 aromatic rings. The summed E-state index contributed by atoms with van der Waals surface area (Å²) in [4.78, 5) is 12.0. The van der Waals surface area contributed by atoms with Gasteiger partial charge in [0.15, 0.2) is 6.61 Å². The first kappa shape index (κ1) is 15.2. The van der Waals surface area contributed by atoms with Crippen LogP contribution in [0.1, 0.15) is 12.1 Å². The number of fused-ring (bicyclic) bond motifs is 1. The summed E-state index contributed by atoms with van der Waals surface area (Å²) in [6.07, 6.45) is 3.43. The second kappa shape index (κ2) is 6.58. The van der Waals surface area contributed by atoms with E-state index in [4.69, 9.17) is 27.9 Å². The van der Waals surface area contributed by atoms with Gasteiger partial charge in [0.05, 0.1) is 5.02 Å². The molecule has 1 aromatic heterocycles. The molecule has 0 unspecified atom stereocenters. The number of nitrogens with one attached hydrogen (secondary N) is 1. The van der Waals surface area contributed by atoms with Crippen molar-refractivity contribution in [1.29, 1.82) is 0 Å². The molecule has 2 heterocycles. The van der Waals surface area contributed by atoms with Crippen LogP contribution in [0, 0.1) is 0 Å². The van der Waals surface area contributed by atoms with E-state index in [0.29, 0.717) is 15.8 Å². The fourth-order valence-corrected chi connectivity index (χ4v) is 2.96. The third kappa shape index (κ3) is 3.54. The van der Waals surface area contributed by atoms with Crippen molar-refractivity contribution in [3.05, 3.63) is 46.2 Å². The lowest BCUT2D eigenvalue weighted by molar-refractivity contribution is -0.123. The number of halogens is 2. The van der Waals surface area contributed by atoms with Crippen molar-refractivity contribution in [2.75, 3.05) is 6.61 Å². The van der Waals surface area contributed by atoms with E-state index in [1.807, 2.05) is 10.7 Å². The molecule has 1 N–H and O–H groups in total. The van der Waals surface area contributed by atoms with Crippen molar-refractivity contribution < 1.29 is 9.53 Å². The maximum Gasteiger partial charge on any atom is 0.258 e. The molecule has 0 fully saturated rings. The molecule has 1 aromatic carbocycles. The van der Waals surface area contributed by atoms with Gasteiger partial charge in [-0.15, -0.1) is 0 Å². The van der Waals surface area contributed by atoms with Gasteiger partial charge in [-0.3, -0.25) is 9.48 Å². The van der Waals surface area contributed by atoms with E-state index in [1.165, 1.54) is 0 Å². The van der Waals surface area contributed by atoms with E-state index < -0.39 is 0 Å². The number of ether oxygens (including phenoxy) is 1. The Labute approximate surface area is 138 Å². The van der Waals surface area contributed by atoms with Crippen LogP contribution in [0.25, 0.3) is 0 Å². The van der Waals surface area contributed by atoms with Crippen molar-refractivity contribution >= 4 is 29.1 Å². The predicted octanol–water partition coefficient (Wildman–Crippen LogP) is 2.70. The zero-order chi connectivity index (χ0) is 15.5. The highest BCUT2D eigenvalue weighted by Gasteiger charge is 2.20. The highest BCUT2D eigenvalue weighted by atomic mass is 35.5. The molecule has 1 aliphatic rings. The molecule has 0 saturated carbocycles. The van der Waals surface area contributed by atoms with Crippen LogP contribution in [0.15, 0.2) is 30.5 Å². The van der Waals surface area contributed by atoms with E-state index in [9.17, 15) is 4.79 Å². The number of hydrogen-bond acceptors (Lipinski definition) is 3. The van der Waals surface area contributed by atoms with Gasteiger partial charge in [0, 0.05) is 35.9 Å². The van der Waals surface area contributed by atoms with Gasteiger partial charge in [-0.05, 0) is 30.7 Å². The molecule has 22 heavy (non-hydrogen) atoms. The van der Waals surface area contributed by atoms with Gasteiger partial charge in [0.25, 0.3) is 5.91 Å². The molecule has 5 nitrogen and oxygen atoms in total. The average molecular weight is 340 g/mol. The largest absolute Gasteiger partial charge is 0.482 e. The Bertz CT molecular complexity index is 687. The number of rotatable bonds is 4. The highest BCUT2D eigenvalue weighted by molar-refractivity contribution is 6.35. The first-order valence-corrected chi connectivity index (χ1v) is 7.75. The molecule has 116 valence electrons. The van der Waals surface area contributed by atoms with Crippen molar-refractivity contribution in [3.63, 3.8) is 0 Å². The first-order valence-electron chi connectivity index (χ1n) is 7.00. The van der Waals surface area contributed by atoms with Gasteiger partial charge in [0.2, 0.25) is 0 Å². The molecular formula is C15H15Cl2N3O2. The Morgan fingerprint density at radius 3 is 3.09 bits per heavy atom. The summed E-state index contributed by atoms with van der Waals surface area (Å²) >= 11 is 11.8. The van der Waals surface area contributed by atoms with E-state index in [1.54, 1.807) is 24.4 Å². The molecule has 1 atom stereocenters. The molecule has 0 bridgehead atoms. The van der Waals surface area contributed by atoms with Gasteiger partial charge >= 0.3 is 0 Å². The monoisotopic (exact) mass is 339 g/mol. The van der Waals surface area contributed by atoms with E-state index in [-0.39, 0.29) is 18.6 Å². The number of carbonyl (C=O) groups excluding carboxylic acids is 1. The summed E-state index contributed by atoms with van der Waals surface area (Å²) < 4.78 is 7.39. The fourth-order valence-electron chi connectivity index (χ4n) is 2.50. The number of benzene rings is 1. The van der Waals surface area contributed by atoms with Crippen molar-refractivity contribution in [1.82, 2.24) is 15.1 Å². The molecule has 0 saturated heterocycles. The number of hydrogen-bond donors (Lipinski definition) is 1. The third-order valence-electron chi connectivity index (χ3n) is 3.57. The van der Waals surface area contributed by atoms with E-state index in [0.717, 1.165) is 25.1 Å². The molecule has 0 aliphatic carbocycles. The number of carbonyl (C=O) groups is 1. The van der Waals surface area contributed by atoms with Gasteiger partial charge in [-0.25, -0.2) is 0 Å². The number of aryl methyl sites for hydroxylation is 1. The van der Waals surface area contributed by atoms with Crippen LogP contribution in [0.4, 0.5) is 0 Å². The molecule has 0 radical (unpaired) electrons. The second-order valence-corrected chi connectivity index (χ2v) is 6.01. The minimum Gasteiger partial charge on any atom is -0.482 e. The summed E-state index contributed by atoms with van der Waals surface area (Å²) in [6, 6.07) is 6.99. The van der Waals surface area contributed by atoms with E-state index in [2.05, 4.69) is 10.4 Å². The van der Waals surface area contributed by atoms with Crippen LogP contribution in [0.5, 0.6) is 5.75 Å². The maximum atomic E-state index is 12.0. The average Bonchev–Trinajstić information content (AvgIpc) is 2.94. The van der Waals surface area contributed by atoms with Crippen molar-refractivity contribution in [3.8, 4) is 5.75 Å². The van der Waals surface area contributed by atoms with E-state index >= 15 is 0 Å². The van der Waals surface area contributed by atoms with Crippen LogP contribution < -0.4 is 10.1 Å². The Morgan fingerprint density at radius 2 is 2.27 bits per heavy atom. The smallest absolute Gasteiger partial charge is 0.258 e. The summed E-state index contributed by atoms with van der Waals surface area (Å²) in [5.74, 6) is 0.284. The Kier molecular flexibility index (Phi) is 4.55. The molecule has 1 amide bonds. The standard InChI is InChI=1S/C15H15Cl2N3O2/c16-10-1-2-14(13(17)7-10)22-9-15(21)19-11-4-6-20-12(8-11)3-5-18-20/h1-3,5,7,11H,4,6,8-9H2,(H,19,21)/t11-/m0/s1.